The quantitative estimate of drug-likeness (QED) is 0.797. The Bertz CT molecular complexity index is 445. The van der Waals surface area contributed by atoms with E-state index in [1.807, 2.05) is 12.3 Å². The van der Waals surface area contributed by atoms with Crippen molar-refractivity contribution in [3.63, 3.8) is 0 Å². The molecule has 7 heteroatoms. The Hall–Kier alpha value is -1.47. The van der Waals surface area contributed by atoms with Crippen LogP contribution in [0, 0.1) is 0 Å². The fourth-order valence-electron chi connectivity index (χ4n) is 1.49. The summed E-state index contributed by atoms with van der Waals surface area (Å²) in [4.78, 5) is 29.9. The molecule has 0 fully saturated rings. The minimum Gasteiger partial charge on any atom is -0.480 e. The van der Waals surface area contributed by atoms with Crippen LogP contribution in [0.4, 0.5) is 0 Å². The third-order valence-corrected chi connectivity index (χ3v) is 3.49. The first-order valence-corrected chi connectivity index (χ1v) is 6.88. The predicted molar refractivity (Wildman–Crippen MR) is 73.1 cm³/mol. The molecule has 0 saturated carbocycles. The lowest BCUT2D eigenvalue weighted by Crippen LogP contribution is -2.29. The zero-order valence-electron chi connectivity index (χ0n) is 11.4. The second-order valence-corrected chi connectivity index (χ2v) is 5.34. The van der Waals surface area contributed by atoms with Crippen LogP contribution in [-0.4, -0.2) is 59.0 Å². The Morgan fingerprint density at radius 2 is 2.11 bits per heavy atom. The average Bonchev–Trinajstić information content (AvgIpc) is 2.74. The van der Waals surface area contributed by atoms with E-state index in [1.54, 1.807) is 19.0 Å². The number of aromatic nitrogens is 1. The second kappa shape index (κ2) is 7.20. The Morgan fingerprint density at radius 1 is 1.42 bits per heavy atom. The third-order valence-electron chi connectivity index (χ3n) is 2.59. The number of nitrogens with zero attached hydrogens (tertiary/aromatic N) is 3. The highest BCUT2D eigenvalue weighted by Crippen LogP contribution is 2.13. The van der Waals surface area contributed by atoms with Crippen molar-refractivity contribution in [2.45, 2.75) is 19.9 Å². The van der Waals surface area contributed by atoms with Crippen LogP contribution in [-0.2, 0) is 22.6 Å². The lowest BCUT2D eigenvalue weighted by molar-refractivity contribution is -0.138. The molecule has 0 aliphatic heterocycles. The molecule has 106 valence electrons. The van der Waals surface area contributed by atoms with Gasteiger partial charge in [0, 0.05) is 26.0 Å². The van der Waals surface area contributed by atoms with Crippen LogP contribution < -0.4 is 0 Å². The lowest BCUT2D eigenvalue weighted by atomic mass is 10.3. The molecule has 0 radical (unpaired) electrons. The summed E-state index contributed by atoms with van der Waals surface area (Å²) in [6.45, 7) is 3.05. The maximum atomic E-state index is 11.5. The van der Waals surface area contributed by atoms with Gasteiger partial charge in [0.05, 0.1) is 18.7 Å². The van der Waals surface area contributed by atoms with Crippen molar-refractivity contribution in [3.8, 4) is 0 Å². The van der Waals surface area contributed by atoms with Gasteiger partial charge in [-0.05, 0) is 6.54 Å². The topological polar surface area (TPSA) is 73.7 Å². The maximum Gasteiger partial charge on any atom is 0.317 e. The van der Waals surface area contributed by atoms with E-state index in [9.17, 15) is 9.59 Å². The van der Waals surface area contributed by atoms with Gasteiger partial charge < -0.3 is 10.0 Å². The van der Waals surface area contributed by atoms with Gasteiger partial charge in [0.2, 0.25) is 5.91 Å². The van der Waals surface area contributed by atoms with Gasteiger partial charge in [-0.25, -0.2) is 4.98 Å². The van der Waals surface area contributed by atoms with Crippen molar-refractivity contribution >= 4 is 23.2 Å². The first-order chi connectivity index (χ1) is 8.92. The molecule has 1 aromatic rings. The van der Waals surface area contributed by atoms with Gasteiger partial charge in [0.25, 0.3) is 0 Å². The van der Waals surface area contributed by atoms with Crippen LogP contribution in [0.3, 0.4) is 0 Å². The summed E-state index contributed by atoms with van der Waals surface area (Å²) in [6, 6.07) is 0. The maximum absolute atomic E-state index is 11.5. The number of carboxylic acid groups (broad SMARTS) is 1. The standard InChI is InChI=1S/C12H19N3O3S/c1-4-15(7-12(17)18)6-9-8-19-10(13-9)5-11(16)14(2)3/h8H,4-7H2,1-3H3,(H,17,18). The number of thiazole rings is 1. The molecule has 1 heterocycles. The molecular formula is C12H19N3O3S. The largest absolute Gasteiger partial charge is 0.480 e. The van der Waals surface area contributed by atoms with Crippen molar-refractivity contribution in [3.05, 3.63) is 16.1 Å². The van der Waals surface area contributed by atoms with Crippen LogP contribution in [0.5, 0.6) is 0 Å². The highest BCUT2D eigenvalue weighted by Gasteiger charge is 2.13. The molecule has 0 unspecified atom stereocenters. The van der Waals surface area contributed by atoms with E-state index in [1.165, 1.54) is 16.2 Å². The number of likely N-dealkylation sites (N-methyl/N-ethyl adjacent to an activating group) is 2. The molecule has 0 aliphatic carbocycles. The van der Waals surface area contributed by atoms with Gasteiger partial charge in [0.1, 0.15) is 5.01 Å². The summed E-state index contributed by atoms with van der Waals surface area (Å²) in [6.07, 6.45) is 0.294. The van der Waals surface area contributed by atoms with Gasteiger partial charge in [0.15, 0.2) is 0 Å². The van der Waals surface area contributed by atoms with Crippen molar-refractivity contribution in [2.24, 2.45) is 0 Å². The zero-order valence-corrected chi connectivity index (χ0v) is 12.2. The predicted octanol–water partition coefficient (Wildman–Crippen LogP) is 0.680. The molecule has 6 nitrogen and oxygen atoms in total. The van der Waals surface area contributed by atoms with E-state index in [0.29, 0.717) is 19.5 Å². The highest BCUT2D eigenvalue weighted by molar-refractivity contribution is 7.09. The molecule has 0 saturated heterocycles. The molecular weight excluding hydrogens is 266 g/mol. The Labute approximate surface area is 116 Å². The van der Waals surface area contributed by atoms with Crippen molar-refractivity contribution < 1.29 is 14.7 Å². The van der Waals surface area contributed by atoms with Gasteiger partial charge >= 0.3 is 5.97 Å². The molecule has 1 amide bonds. The van der Waals surface area contributed by atoms with E-state index in [-0.39, 0.29) is 12.5 Å². The molecule has 0 aliphatic rings. The number of carbonyl (C=O) groups is 2. The highest BCUT2D eigenvalue weighted by atomic mass is 32.1. The normalized spacial score (nSPS) is 10.7. The van der Waals surface area contributed by atoms with Gasteiger partial charge in [-0.1, -0.05) is 6.92 Å². The Morgan fingerprint density at radius 3 is 2.63 bits per heavy atom. The smallest absolute Gasteiger partial charge is 0.317 e. The van der Waals surface area contributed by atoms with Crippen LogP contribution in [0.25, 0.3) is 0 Å². The molecule has 1 N–H and O–H groups in total. The first kappa shape index (κ1) is 15.6. The number of carboxylic acids is 1. The minimum absolute atomic E-state index is 0.0000116. The summed E-state index contributed by atoms with van der Waals surface area (Å²) in [5.41, 5.74) is 0.814. The average molecular weight is 285 g/mol. The molecule has 0 spiro atoms. The van der Waals surface area contributed by atoms with Gasteiger partial charge in [-0.2, -0.15) is 0 Å². The summed E-state index contributed by atoms with van der Waals surface area (Å²) in [7, 11) is 3.42. The van der Waals surface area contributed by atoms with E-state index >= 15 is 0 Å². The molecule has 0 aromatic carbocycles. The number of carbonyl (C=O) groups excluding carboxylic acids is 1. The molecule has 0 bridgehead atoms. The summed E-state index contributed by atoms with van der Waals surface area (Å²) < 4.78 is 0. The SMILES string of the molecule is CCN(CC(=O)O)Cc1csc(CC(=O)N(C)C)n1. The van der Waals surface area contributed by atoms with Crippen LogP contribution >= 0.6 is 11.3 Å². The minimum atomic E-state index is -0.847. The van der Waals surface area contributed by atoms with E-state index in [0.717, 1.165) is 10.7 Å². The number of amides is 1. The summed E-state index contributed by atoms with van der Waals surface area (Å²) in [5.74, 6) is -0.834. The number of aliphatic carboxylic acids is 1. The molecule has 1 aromatic heterocycles. The fourth-order valence-corrected chi connectivity index (χ4v) is 2.27. The van der Waals surface area contributed by atoms with Crippen molar-refractivity contribution in [1.82, 2.24) is 14.8 Å². The van der Waals surface area contributed by atoms with Gasteiger partial charge in [-0.15, -0.1) is 11.3 Å². The van der Waals surface area contributed by atoms with Crippen molar-refractivity contribution in [1.29, 1.82) is 0 Å². The number of hydrogen-bond acceptors (Lipinski definition) is 5. The number of hydrogen-bond donors (Lipinski definition) is 1. The van der Waals surface area contributed by atoms with Crippen LogP contribution in [0.2, 0.25) is 0 Å². The summed E-state index contributed by atoms with van der Waals surface area (Å²) >= 11 is 1.43. The van der Waals surface area contributed by atoms with Gasteiger partial charge in [-0.3, -0.25) is 14.5 Å². The van der Waals surface area contributed by atoms with Crippen LogP contribution in [0.15, 0.2) is 5.38 Å². The molecule has 19 heavy (non-hydrogen) atoms. The molecule has 1 rings (SSSR count). The fraction of sp³-hybridized carbons (Fsp3) is 0.583. The first-order valence-electron chi connectivity index (χ1n) is 6.00. The van der Waals surface area contributed by atoms with E-state index in [2.05, 4.69) is 4.98 Å². The Kier molecular flexibility index (Phi) is 5.91. The molecule has 0 atom stereocenters. The van der Waals surface area contributed by atoms with Crippen molar-refractivity contribution in [2.75, 3.05) is 27.2 Å². The Balaban J connectivity index is 2.58. The second-order valence-electron chi connectivity index (χ2n) is 4.39. The zero-order chi connectivity index (χ0) is 14.4. The monoisotopic (exact) mass is 285 g/mol. The van der Waals surface area contributed by atoms with E-state index in [4.69, 9.17) is 5.11 Å². The van der Waals surface area contributed by atoms with Crippen LogP contribution in [0.1, 0.15) is 17.6 Å². The summed E-state index contributed by atoms with van der Waals surface area (Å²) in [5, 5.41) is 11.4. The third kappa shape index (κ3) is 5.35. The van der Waals surface area contributed by atoms with E-state index < -0.39 is 5.97 Å². The number of rotatable bonds is 7. The lowest BCUT2D eigenvalue weighted by Gasteiger charge is -2.16.